The number of hydrogen-bond donors (Lipinski definition) is 1. The van der Waals surface area contributed by atoms with Crippen LogP contribution < -0.4 is 0 Å². The molecule has 5 nitrogen and oxygen atoms in total. The van der Waals surface area contributed by atoms with Gasteiger partial charge in [0.2, 0.25) is 0 Å². The van der Waals surface area contributed by atoms with Crippen molar-refractivity contribution in [3.63, 3.8) is 0 Å². The van der Waals surface area contributed by atoms with Crippen molar-refractivity contribution in [2.45, 2.75) is 81.1 Å². The van der Waals surface area contributed by atoms with Crippen LogP contribution in [-0.2, 0) is 14.3 Å². The fourth-order valence-electron chi connectivity index (χ4n) is 3.04. The van der Waals surface area contributed by atoms with Crippen LogP contribution in [0.3, 0.4) is 0 Å². The molecule has 0 spiro atoms. The van der Waals surface area contributed by atoms with Gasteiger partial charge in [0.15, 0.2) is 0 Å². The van der Waals surface area contributed by atoms with Gasteiger partial charge >= 0.3 is 5.97 Å². The van der Waals surface area contributed by atoms with E-state index in [9.17, 15) is 9.90 Å². The Morgan fingerprint density at radius 2 is 1.74 bits per heavy atom. The summed E-state index contributed by atoms with van der Waals surface area (Å²) >= 11 is 2.02. The van der Waals surface area contributed by atoms with Crippen molar-refractivity contribution in [2.24, 2.45) is 0 Å². The van der Waals surface area contributed by atoms with E-state index in [2.05, 4.69) is 39.6 Å². The largest absolute Gasteiger partial charge is 0.462 e. The highest BCUT2D eigenvalue weighted by molar-refractivity contribution is 14.1. The highest BCUT2D eigenvalue weighted by Gasteiger charge is 2.43. The monoisotopic (exact) mass is 441 g/mol. The number of carbonyl (C=O) groups excluding carboxylic acids is 1. The summed E-state index contributed by atoms with van der Waals surface area (Å²) in [6, 6.07) is 0. The number of esters is 1. The molecule has 23 heavy (non-hydrogen) atoms. The first kappa shape index (κ1) is 21.1. The van der Waals surface area contributed by atoms with Crippen LogP contribution >= 0.6 is 22.6 Å². The predicted molar refractivity (Wildman–Crippen MR) is 100.0 cm³/mol. The number of alkyl halides is 1. The van der Waals surface area contributed by atoms with Crippen LogP contribution in [-0.4, -0.2) is 62.9 Å². The van der Waals surface area contributed by atoms with Crippen molar-refractivity contribution in [3.8, 4) is 0 Å². The minimum atomic E-state index is -0.788. The summed E-state index contributed by atoms with van der Waals surface area (Å²) in [7, 11) is 2.15. The first-order valence-electron chi connectivity index (χ1n) is 8.15. The lowest BCUT2D eigenvalue weighted by molar-refractivity contribution is -0.151. The summed E-state index contributed by atoms with van der Waals surface area (Å²) in [5, 5.41) is 9.99. The van der Waals surface area contributed by atoms with Crippen LogP contribution in [0.5, 0.6) is 0 Å². The van der Waals surface area contributed by atoms with Gasteiger partial charge in [-0.2, -0.15) is 0 Å². The minimum Gasteiger partial charge on any atom is -0.462 e. The maximum atomic E-state index is 11.7. The molecule has 0 bridgehead atoms. The normalized spacial score (nSPS) is 23.5. The zero-order valence-corrected chi connectivity index (χ0v) is 17.6. The van der Waals surface area contributed by atoms with Crippen LogP contribution in [0.4, 0.5) is 0 Å². The summed E-state index contributed by atoms with van der Waals surface area (Å²) in [5.74, 6) is -0.321. The van der Waals surface area contributed by atoms with Crippen LogP contribution in [0.1, 0.15) is 54.4 Å². The summed E-state index contributed by atoms with van der Waals surface area (Å²) in [4.78, 5) is 14.1. The molecule has 1 atom stereocenters. The third-order valence-corrected chi connectivity index (χ3v) is 5.13. The topological polar surface area (TPSA) is 59.0 Å². The van der Waals surface area contributed by atoms with Gasteiger partial charge in [-0.3, -0.25) is 9.69 Å². The number of piperidine rings is 1. The average Bonchev–Trinajstić information content (AvgIpc) is 2.38. The Labute approximate surface area is 154 Å². The smallest absolute Gasteiger partial charge is 0.321 e. The lowest BCUT2D eigenvalue weighted by Crippen LogP contribution is -2.60. The quantitative estimate of drug-likeness (QED) is 0.390. The zero-order chi connectivity index (χ0) is 18.1. The zero-order valence-electron chi connectivity index (χ0n) is 15.5. The first-order valence-corrected chi connectivity index (χ1v) is 9.23. The number of rotatable bonds is 6. The molecule has 1 fully saturated rings. The average molecular weight is 441 g/mol. The van der Waals surface area contributed by atoms with Crippen molar-refractivity contribution in [2.75, 3.05) is 20.3 Å². The molecule has 0 aromatic rings. The number of likely N-dealkylation sites (tertiary alicyclic amines) is 1. The molecule has 0 amide bonds. The van der Waals surface area contributed by atoms with Crippen molar-refractivity contribution in [1.82, 2.24) is 4.90 Å². The van der Waals surface area contributed by atoms with Crippen LogP contribution in [0.25, 0.3) is 0 Å². The molecule has 0 saturated carbocycles. The van der Waals surface area contributed by atoms with Gasteiger partial charge in [0.05, 0.1) is 12.7 Å². The number of nitrogens with zero attached hydrogens (tertiary/aromatic N) is 1. The standard InChI is InChI=1S/C17H32INO4/c1-15(2)8-13(9-16(3,4)19(15)7)22-10-12(20)11-23-14(21)17(5,6)18/h12-13,20H,8-11H2,1-7H3. The number of hydrogen-bond acceptors (Lipinski definition) is 5. The first-order chi connectivity index (χ1) is 10.3. The Morgan fingerprint density at radius 3 is 2.17 bits per heavy atom. The van der Waals surface area contributed by atoms with E-state index in [1.54, 1.807) is 13.8 Å². The van der Waals surface area contributed by atoms with E-state index >= 15 is 0 Å². The molecular weight excluding hydrogens is 409 g/mol. The molecule has 1 N–H and O–H groups in total. The molecule has 1 rings (SSSR count). The SMILES string of the molecule is CN1C(C)(C)CC(OCC(O)COC(=O)C(C)(C)I)CC1(C)C. The molecule has 0 aliphatic carbocycles. The molecule has 1 saturated heterocycles. The summed E-state index contributed by atoms with van der Waals surface area (Å²) in [6.07, 6.45) is 1.15. The van der Waals surface area contributed by atoms with Gasteiger partial charge in [0.1, 0.15) is 16.1 Å². The van der Waals surface area contributed by atoms with Crippen molar-refractivity contribution < 1.29 is 19.4 Å². The third-order valence-electron chi connectivity index (χ3n) is 4.69. The Hall–Kier alpha value is 0.0800. The van der Waals surface area contributed by atoms with Gasteiger partial charge in [-0.05, 0) is 61.4 Å². The van der Waals surface area contributed by atoms with E-state index in [0.29, 0.717) is 0 Å². The van der Waals surface area contributed by atoms with Gasteiger partial charge in [-0.15, -0.1) is 0 Å². The molecule has 1 heterocycles. The molecule has 1 aliphatic rings. The van der Waals surface area contributed by atoms with Gasteiger partial charge in [-0.25, -0.2) is 0 Å². The number of ether oxygens (including phenoxy) is 2. The number of aliphatic hydroxyl groups is 1. The van der Waals surface area contributed by atoms with Gasteiger partial charge in [0, 0.05) is 11.1 Å². The summed E-state index contributed by atoms with van der Waals surface area (Å²) < 4.78 is 10.5. The number of aliphatic hydroxyl groups excluding tert-OH is 1. The Balaban J connectivity index is 2.44. The Morgan fingerprint density at radius 1 is 1.26 bits per heavy atom. The molecule has 0 aromatic carbocycles. The van der Waals surface area contributed by atoms with Gasteiger partial charge in [-0.1, -0.05) is 22.6 Å². The molecular formula is C17H32INO4. The number of carbonyl (C=O) groups is 1. The second kappa shape index (κ2) is 7.54. The number of halogens is 1. The van der Waals surface area contributed by atoms with E-state index < -0.39 is 9.53 Å². The molecule has 1 unspecified atom stereocenters. The minimum absolute atomic E-state index is 0.0231. The third kappa shape index (κ3) is 6.14. The van der Waals surface area contributed by atoms with E-state index in [-0.39, 0.29) is 36.4 Å². The molecule has 0 radical (unpaired) electrons. The fraction of sp³-hybridized carbons (Fsp3) is 0.941. The van der Waals surface area contributed by atoms with Crippen LogP contribution in [0.2, 0.25) is 0 Å². The van der Waals surface area contributed by atoms with E-state index in [0.717, 1.165) is 12.8 Å². The molecule has 1 aliphatic heterocycles. The van der Waals surface area contributed by atoms with E-state index in [1.807, 2.05) is 22.6 Å². The second-order valence-electron chi connectivity index (χ2n) is 8.27. The van der Waals surface area contributed by atoms with Crippen LogP contribution in [0, 0.1) is 0 Å². The van der Waals surface area contributed by atoms with E-state index in [4.69, 9.17) is 9.47 Å². The Kier molecular flexibility index (Phi) is 6.92. The fourth-order valence-corrected chi connectivity index (χ4v) is 3.19. The van der Waals surface area contributed by atoms with Gasteiger partial charge < -0.3 is 14.6 Å². The molecule has 6 heteroatoms. The van der Waals surface area contributed by atoms with Crippen molar-refractivity contribution >= 4 is 28.6 Å². The van der Waals surface area contributed by atoms with Crippen LogP contribution in [0.15, 0.2) is 0 Å². The van der Waals surface area contributed by atoms with Crippen molar-refractivity contribution in [1.29, 1.82) is 0 Å². The molecule has 0 aromatic heterocycles. The predicted octanol–water partition coefficient (Wildman–Crippen LogP) is 2.77. The maximum Gasteiger partial charge on any atom is 0.321 e. The van der Waals surface area contributed by atoms with Crippen molar-refractivity contribution in [3.05, 3.63) is 0 Å². The van der Waals surface area contributed by atoms with Gasteiger partial charge in [0.25, 0.3) is 0 Å². The lowest BCUT2D eigenvalue weighted by atomic mass is 9.79. The second-order valence-corrected chi connectivity index (χ2v) is 11.0. The lowest BCUT2D eigenvalue weighted by Gasteiger charge is -2.53. The maximum absolute atomic E-state index is 11.7. The van der Waals surface area contributed by atoms with E-state index in [1.165, 1.54) is 0 Å². The summed E-state index contributed by atoms with van der Waals surface area (Å²) in [5.41, 5.74) is 0.101. The molecule has 136 valence electrons. The Bertz CT molecular complexity index is 399. The summed E-state index contributed by atoms with van der Waals surface area (Å²) in [6.45, 7) is 12.6. The highest BCUT2D eigenvalue weighted by atomic mass is 127. The highest BCUT2D eigenvalue weighted by Crippen LogP contribution is 2.38.